The predicted octanol–water partition coefficient (Wildman–Crippen LogP) is 1.11. The molecular formula is C14H20N2O4. The molecular weight excluding hydrogens is 260 g/mol. The van der Waals surface area contributed by atoms with Crippen molar-refractivity contribution in [1.82, 2.24) is 9.55 Å². The molecule has 1 aromatic rings. The van der Waals surface area contributed by atoms with E-state index in [-0.39, 0.29) is 17.3 Å². The number of ether oxygens (including phenoxy) is 2. The first-order valence-corrected chi connectivity index (χ1v) is 6.56. The lowest BCUT2D eigenvalue weighted by atomic mass is 10.2. The highest BCUT2D eigenvalue weighted by Gasteiger charge is 2.23. The molecule has 0 bridgehead atoms. The fourth-order valence-corrected chi connectivity index (χ4v) is 1.85. The van der Waals surface area contributed by atoms with E-state index in [1.165, 1.54) is 10.8 Å². The van der Waals surface area contributed by atoms with Crippen molar-refractivity contribution in [1.29, 1.82) is 0 Å². The van der Waals surface area contributed by atoms with Gasteiger partial charge in [0.1, 0.15) is 6.10 Å². The molecule has 0 unspecified atom stereocenters. The van der Waals surface area contributed by atoms with Crippen molar-refractivity contribution in [3.8, 4) is 0 Å². The molecule has 0 fully saturated rings. The van der Waals surface area contributed by atoms with E-state index in [9.17, 15) is 9.59 Å². The Balaban J connectivity index is 2.07. The van der Waals surface area contributed by atoms with Crippen LogP contribution in [0.1, 0.15) is 32.6 Å². The van der Waals surface area contributed by atoms with Gasteiger partial charge in [-0.2, -0.15) is 0 Å². The highest BCUT2D eigenvalue weighted by Crippen LogP contribution is 2.21. The third-order valence-electron chi connectivity index (χ3n) is 2.91. The Morgan fingerprint density at radius 1 is 1.35 bits per heavy atom. The van der Waals surface area contributed by atoms with Crippen LogP contribution >= 0.6 is 0 Å². The maximum absolute atomic E-state index is 11.8. The number of nitrogens with zero attached hydrogens (tertiary/aromatic N) is 1. The standard InChI is InChI=1S/C14H20N2O4/c1-9-7-16(13(18)15-12(9)17)11-6-5-10(20-11)8-19-14(2,3)4/h5-7,10-11H,8H2,1-4H3,(H,15,17,18)/t10-,11+/m0/s1. The Kier molecular flexibility index (Phi) is 3.96. The first-order valence-electron chi connectivity index (χ1n) is 6.56. The Hall–Kier alpha value is -1.66. The fraction of sp³-hybridized carbons (Fsp3) is 0.571. The summed E-state index contributed by atoms with van der Waals surface area (Å²) in [6, 6.07) is 0. The third kappa shape index (κ3) is 3.46. The Morgan fingerprint density at radius 3 is 2.70 bits per heavy atom. The summed E-state index contributed by atoms with van der Waals surface area (Å²) < 4.78 is 12.7. The van der Waals surface area contributed by atoms with Gasteiger partial charge in [-0.15, -0.1) is 0 Å². The van der Waals surface area contributed by atoms with Gasteiger partial charge in [0.05, 0.1) is 12.2 Å². The van der Waals surface area contributed by atoms with Crippen LogP contribution in [-0.2, 0) is 9.47 Å². The second-order valence-electron chi connectivity index (χ2n) is 5.85. The zero-order valence-corrected chi connectivity index (χ0v) is 12.2. The van der Waals surface area contributed by atoms with Crippen LogP contribution in [0, 0.1) is 6.92 Å². The number of rotatable bonds is 3. The van der Waals surface area contributed by atoms with Gasteiger partial charge in [-0.25, -0.2) is 4.79 Å². The number of hydrogen-bond acceptors (Lipinski definition) is 4. The van der Waals surface area contributed by atoms with Crippen LogP contribution in [0.5, 0.6) is 0 Å². The van der Waals surface area contributed by atoms with E-state index in [0.717, 1.165) is 0 Å². The molecule has 2 heterocycles. The monoisotopic (exact) mass is 280 g/mol. The first kappa shape index (κ1) is 14.7. The van der Waals surface area contributed by atoms with Gasteiger partial charge < -0.3 is 9.47 Å². The van der Waals surface area contributed by atoms with Gasteiger partial charge in [-0.05, 0) is 33.8 Å². The summed E-state index contributed by atoms with van der Waals surface area (Å²) in [6.07, 6.45) is 4.45. The second kappa shape index (κ2) is 5.38. The van der Waals surface area contributed by atoms with E-state index in [1.54, 1.807) is 13.0 Å². The van der Waals surface area contributed by atoms with Crippen LogP contribution in [0.2, 0.25) is 0 Å². The van der Waals surface area contributed by atoms with Crippen molar-refractivity contribution in [3.05, 3.63) is 44.8 Å². The Labute approximate surface area is 117 Å². The summed E-state index contributed by atoms with van der Waals surface area (Å²) in [7, 11) is 0. The topological polar surface area (TPSA) is 73.3 Å². The number of nitrogens with one attached hydrogen (secondary N) is 1. The van der Waals surface area contributed by atoms with Crippen molar-refractivity contribution >= 4 is 0 Å². The molecule has 2 atom stereocenters. The highest BCUT2D eigenvalue weighted by atomic mass is 16.6. The third-order valence-corrected chi connectivity index (χ3v) is 2.91. The predicted molar refractivity (Wildman–Crippen MR) is 74.8 cm³/mol. The zero-order chi connectivity index (χ0) is 14.9. The first-order chi connectivity index (χ1) is 9.26. The van der Waals surface area contributed by atoms with Crippen LogP contribution in [0.4, 0.5) is 0 Å². The number of aromatic nitrogens is 2. The molecule has 6 nitrogen and oxygen atoms in total. The van der Waals surface area contributed by atoms with Gasteiger partial charge in [0, 0.05) is 11.8 Å². The molecule has 110 valence electrons. The van der Waals surface area contributed by atoms with Crippen molar-refractivity contribution in [3.63, 3.8) is 0 Å². The van der Waals surface area contributed by atoms with Crippen molar-refractivity contribution in [2.75, 3.05) is 6.61 Å². The molecule has 1 N–H and O–H groups in total. The maximum atomic E-state index is 11.8. The van der Waals surface area contributed by atoms with Crippen molar-refractivity contribution < 1.29 is 9.47 Å². The molecule has 0 radical (unpaired) electrons. The lowest BCUT2D eigenvalue weighted by Gasteiger charge is -2.22. The molecule has 0 aromatic carbocycles. The average Bonchev–Trinajstić information content (AvgIpc) is 2.79. The molecule has 0 amide bonds. The van der Waals surface area contributed by atoms with Crippen molar-refractivity contribution in [2.24, 2.45) is 0 Å². The summed E-state index contributed by atoms with van der Waals surface area (Å²) in [5.74, 6) is 0. The SMILES string of the molecule is Cc1cn([C@H]2C=C[C@@H](COC(C)(C)C)O2)c(=O)[nH]c1=O. The van der Waals surface area contributed by atoms with E-state index in [0.29, 0.717) is 12.2 Å². The Bertz CT molecular complexity index is 621. The molecule has 0 aliphatic carbocycles. The number of aromatic amines is 1. The summed E-state index contributed by atoms with van der Waals surface area (Å²) in [5, 5.41) is 0. The lowest BCUT2D eigenvalue weighted by molar-refractivity contribution is -0.0751. The minimum absolute atomic E-state index is 0.196. The minimum atomic E-state index is -0.508. The van der Waals surface area contributed by atoms with E-state index in [2.05, 4.69) is 4.98 Å². The lowest BCUT2D eigenvalue weighted by Crippen LogP contribution is -2.34. The van der Waals surface area contributed by atoms with Crippen LogP contribution in [0.3, 0.4) is 0 Å². The molecule has 0 saturated heterocycles. The summed E-state index contributed by atoms with van der Waals surface area (Å²) in [4.78, 5) is 25.4. The molecule has 0 spiro atoms. The molecule has 2 rings (SSSR count). The van der Waals surface area contributed by atoms with Gasteiger partial charge in [-0.1, -0.05) is 6.08 Å². The molecule has 20 heavy (non-hydrogen) atoms. The van der Waals surface area contributed by atoms with Crippen LogP contribution in [0.15, 0.2) is 27.9 Å². The Morgan fingerprint density at radius 2 is 2.05 bits per heavy atom. The largest absolute Gasteiger partial charge is 0.373 e. The normalized spacial score (nSPS) is 22.4. The summed E-state index contributed by atoms with van der Waals surface area (Å²) in [6.45, 7) is 7.98. The van der Waals surface area contributed by atoms with Crippen molar-refractivity contribution in [2.45, 2.75) is 45.6 Å². The van der Waals surface area contributed by atoms with Gasteiger partial charge in [0.2, 0.25) is 0 Å². The number of aryl methyl sites for hydroxylation is 1. The summed E-state index contributed by atoms with van der Waals surface area (Å²) in [5.41, 5.74) is -0.620. The second-order valence-corrected chi connectivity index (χ2v) is 5.85. The zero-order valence-electron chi connectivity index (χ0n) is 12.2. The fourth-order valence-electron chi connectivity index (χ4n) is 1.85. The molecule has 0 saturated carbocycles. The molecule has 1 aliphatic rings. The quantitative estimate of drug-likeness (QED) is 0.842. The van der Waals surface area contributed by atoms with Gasteiger partial charge >= 0.3 is 5.69 Å². The molecule has 1 aromatic heterocycles. The average molecular weight is 280 g/mol. The smallest absolute Gasteiger partial charge is 0.330 e. The number of H-pyrrole nitrogens is 1. The van der Waals surface area contributed by atoms with E-state index >= 15 is 0 Å². The van der Waals surface area contributed by atoms with E-state index in [4.69, 9.17) is 9.47 Å². The minimum Gasteiger partial charge on any atom is -0.373 e. The van der Waals surface area contributed by atoms with E-state index < -0.39 is 11.9 Å². The highest BCUT2D eigenvalue weighted by molar-refractivity contribution is 5.06. The van der Waals surface area contributed by atoms with E-state index in [1.807, 2.05) is 26.8 Å². The van der Waals surface area contributed by atoms with Gasteiger partial charge in [0.25, 0.3) is 5.56 Å². The van der Waals surface area contributed by atoms with Crippen LogP contribution in [0.25, 0.3) is 0 Å². The molecule has 6 heteroatoms. The van der Waals surface area contributed by atoms with Gasteiger partial charge in [0.15, 0.2) is 6.23 Å². The summed E-state index contributed by atoms with van der Waals surface area (Å²) >= 11 is 0. The maximum Gasteiger partial charge on any atom is 0.330 e. The van der Waals surface area contributed by atoms with Gasteiger partial charge in [-0.3, -0.25) is 14.3 Å². The van der Waals surface area contributed by atoms with Crippen LogP contribution in [-0.4, -0.2) is 27.9 Å². The molecule has 1 aliphatic heterocycles. The van der Waals surface area contributed by atoms with Crippen LogP contribution < -0.4 is 11.2 Å². The number of hydrogen-bond donors (Lipinski definition) is 1.